The van der Waals surface area contributed by atoms with Gasteiger partial charge < -0.3 is 4.57 Å². The summed E-state index contributed by atoms with van der Waals surface area (Å²) in [7, 11) is 0. The molecule has 0 unspecified atom stereocenters. The number of halogens is 1. The zero-order valence-electron chi connectivity index (χ0n) is 9.21. The van der Waals surface area contributed by atoms with Gasteiger partial charge in [-0.25, -0.2) is 0 Å². The Morgan fingerprint density at radius 3 is 2.83 bits per heavy atom. The van der Waals surface area contributed by atoms with Gasteiger partial charge in [-0.1, -0.05) is 15.9 Å². The molecule has 1 aromatic heterocycles. The lowest BCUT2D eigenvalue weighted by Crippen LogP contribution is -2.01. The third kappa shape index (κ3) is 2.41. The summed E-state index contributed by atoms with van der Waals surface area (Å²) in [4.78, 5) is 10.2. The van der Waals surface area contributed by atoms with Crippen molar-refractivity contribution >= 4 is 21.6 Å². The highest BCUT2D eigenvalue weighted by atomic mass is 79.9. The lowest BCUT2D eigenvalue weighted by molar-refractivity contribution is -0.384. The number of rotatable bonds is 3. The van der Waals surface area contributed by atoms with Crippen molar-refractivity contribution in [1.82, 2.24) is 4.57 Å². The predicted molar refractivity (Wildman–Crippen MR) is 69.0 cm³/mol. The van der Waals surface area contributed by atoms with E-state index in [9.17, 15) is 10.1 Å². The number of hydrogen-bond donors (Lipinski definition) is 0. The third-order valence-corrected chi connectivity index (χ3v) is 3.27. The lowest BCUT2D eigenvalue weighted by atomic mass is 10.2. The summed E-state index contributed by atoms with van der Waals surface area (Å²) in [5, 5.41) is 19.5. The Hall–Kier alpha value is -2.13. The molecule has 0 aliphatic rings. The van der Waals surface area contributed by atoms with Gasteiger partial charge in [0.15, 0.2) is 0 Å². The second-order valence-corrected chi connectivity index (χ2v) is 4.52. The quantitative estimate of drug-likeness (QED) is 0.646. The molecule has 0 spiro atoms. The van der Waals surface area contributed by atoms with Crippen LogP contribution in [0, 0.1) is 21.4 Å². The first-order valence-electron chi connectivity index (χ1n) is 5.10. The van der Waals surface area contributed by atoms with Crippen LogP contribution < -0.4 is 0 Å². The molecular formula is C12H8BrN3O2. The second-order valence-electron chi connectivity index (χ2n) is 3.67. The minimum Gasteiger partial charge on any atom is -0.335 e. The van der Waals surface area contributed by atoms with Crippen molar-refractivity contribution in [2.45, 2.75) is 6.54 Å². The van der Waals surface area contributed by atoms with Gasteiger partial charge in [-0.05, 0) is 23.8 Å². The van der Waals surface area contributed by atoms with Crippen LogP contribution in [0.2, 0.25) is 0 Å². The highest BCUT2D eigenvalue weighted by Gasteiger charge is 2.10. The molecule has 0 fully saturated rings. The molecule has 0 bridgehead atoms. The van der Waals surface area contributed by atoms with Gasteiger partial charge in [-0.2, -0.15) is 5.26 Å². The minimum absolute atomic E-state index is 0.0404. The molecule has 0 aliphatic carbocycles. The zero-order chi connectivity index (χ0) is 13.1. The average Bonchev–Trinajstić information content (AvgIpc) is 2.78. The fourth-order valence-corrected chi connectivity index (χ4v) is 2.11. The number of aromatic nitrogens is 1. The molecule has 0 radical (unpaired) electrons. The molecule has 0 amide bonds. The minimum atomic E-state index is -0.440. The molecule has 0 aliphatic heterocycles. The maximum atomic E-state index is 10.6. The first-order chi connectivity index (χ1) is 8.61. The van der Waals surface area contributed by atoms with E-state index in [1.54, 1.807) is 29.0 Å². The molecule has 18 heavy (non-hydrogen) atoms. The van der Waals surface area contributed by atoms with E-state index in [0.29, 0.717) is 16.7 Å². The Morgan fingerprint density at radius 2 is 2.22 bits per heavy atom. The number of nitro groups is 1. The maximum Gasteiger partial charge on any atom is 0.270 e. The summed E-state index contributed by atoms with van der Waals surface area (Å²) in [6.45, 7) is 0.495. The summed E-state index contributed by atoms with van der Waals surface area (Å²) in [5.41, 5.74) is 1.48. The zero-order valence-corrected chi connectivity index (χ0v) is 10.8. The highest BCUT2D eigenvalue weighted by Crippen LogP contribution is 2.24. The summed E-state index contributed by atoms with van der Waals surface area (Å²) >= 11 is 3.31. The van der Waals surface area contributed by atoms with E-state index in [-0.39, 0.29) is 5.69 Å². The third-order valence-electron chi connectivity index (χ3n) is 2.53. The van der Waals surface area contributed by atoms with Crippen LogP contribution >= 0.6 is 15.9 Å². The number of nitrogens with zero attached hydrogens (tertiary/aromatic N) is 3. The number of nitro benzene ring substituents is 1. The molecule has 0 saturated heterocycles. The molecule has 0 atom stereocenters. The molecule has 2 aromatic rings. The second kappa shape index (κ2) is 5.02. The monoisotopic (exact) mass is 305 g/mol. The largest absolute Gasteiger partial charge is 0.335 e. The first kappa shape index (κ1) is 12.3. The molecule has 5 nitrogen and oxygen atoms in total. The Labute approximate surface area is 112 Å². The van der Waals surface area contributed by atoms with Crippen molar-refractivity contribution in [3.63, 3.8) is 0 Å². The molecule has 90 valence electrons. The molecule has 1 heterocycles. The van der Waals surface area contributed by atoms with Crippen LogP contribution in [0.15, 0.2) is 41.0 Å². The van der Waals surface area contributed by atoms with E-state index in [0.717, 1.165) is 5.56 Å². The van der Waals surface area contributed by atoms with E-state index in [2.05, 4.69) is 22.0 Å². The van der Waals surface area contributed by atoms with E-state index in [1.165, 1.54) is 12.1 Å². The summed E-state index contributed by atoms with van der Waals surface area (Å²) in [6.07, 6.45) is 1.80. The number of hydrogen-bond acceptors (Lipinski definition) is 3. The van der Waals surface area contributed by atoms with Crippen LogP contribution in [-0.2, 0) is 6.54 Å². The van der Waals surface area contributed by atoms with Gasteiger partial charge in [0, 0.05) is 29.3 Å². The Balaban J connectivity index is 2.31. The number of non-ortho nitro benzene ring substituents is 1. The molecule has 1 aromatic carbocycles. The SMILES string of the molecule is N#Cc1cccn1Cc1ccc([N+](=O)[O-])cc1Br. The van der Waals surface area contributed by atoms with Crippen molar-refractivity contribution in [2.75, 3.05) is 0 Å². The normalized spacial score (nSPS) is 10.0. The fourth-order valence-electron chi connectivity index (χ4n) is 1.62. The van der Waals surface area contributed by atoms with Crippen molar-refractivity contribution in [2.24, 2.45) is 0 Å². The molecule has 0 N–H and O–H groups in total. The van der Waals surface area contributed by atoms with E-state index in [1.807, 2.05) is 0 Å². The van der Waals surface area contributed by atoms with Crippen molar-refractivity contribution in [1.29, 1.82) is 5.26 Å². The van der Waals surface area contributed by atoms with Gasteiger partial charge >= 0.3 is 0 Å². The van der Waals surface area contributed by atoms with Crippen LogP contribution in [-0.4, -0.2) is 9.49 Å². The Kier molecular flexibility index (Phi) is 3.44. The van der Waals surface area contributed by atoms with Gasteiger partial charge in [0.05, 0.1) is 4.92 Å². The molecule has 6 heteroatoms. The fraction of sp³-hybridized carbons (Fsp3) is 0.0833. The van der Waals surface area contributed by atoms with Crippen molar-refractivity contribution < 1.29 is 4.92 Å². The van der Waals surface area contributed by atoms with Crippen molar-refractivity contribution in [3.8, 4) is 6.07 Å². The maximum absolute atomic E-state index is 10.6. The van der Waals surface area contributed by atoms with Crippen LogP contribution in [0.1, 0.15) is 11.3 Å². The first-order valence-corrected chi connectivity index (χ1v) is 5.89. The molecule has 0 saturated carbocycles. The molecular weight excluding hydrogens is 298 g/mol. The number of benzene rings is 1. The Bertz CT molecular complexity index is 643. The van der Waals surface area contributed by atoms with Gasteiger partial charge in [-0.3, -0.25) is 10.1 Å². The van der Waals surface area contributed by atoms with Crippen molar-refractivity contribution in [3.05, 3.63) is 62.4 Å². The van der Waals surface area contributed by atoms with Gasteiger partial charge in [0.1, 0.15) is 11.8 Å². The van der Waals surface area contributed by atoms with Gasteiger partial charge in [-0.15, -0.1) is 0 Å². The summed E-state index contributed by atoms with van der Waals surface area (Å²) < 4.78 is 2.45. The summed E-state index contributed by atoms with van der Waals surface area (Å²) in [6, 6.07) is 10.2. The van der Waals surface area contributed by atoms with Crippen LogP contribution in [0.5, 0.6) is 0 Å². The van der Waals surface area contributed by atoms with Crippen LogP contribution in [0.3, 0.4) is 0 Å². The number of nitriles is 1. The van der Waals surface area contributed by atoms with Crippen LogP contribution in [0.25, 0.3) is 0 Å². The van der Waals surface area contributed by atoms with E-state index >= 15 is 0 Å². The van der Waals surface area contributed by atoms with Gasteiger partial charge in [0.2, 0.25) is 0 Å². The van der Waals surface area contributed by atoms with E-state index in [4.69, 9.17) is 5.26 Å². The summed E-state index contributed by atoms with van der Waals surface area (Å²) in [5.74, 6) is 0. The van der Waals surface area contributed by atoms with Crippen LogP contribution in [0.4, 0.5) is 5.69 Å². The van der Waals surface area contributed by atoms with E-state index < -0.39 is 4.92 Å². The Morgan fingerprint density at radius 1 is 1.44 bits per heavy atom. The smallest absolute Gasteiger partial charge is 0.270 e. The standard InChI is InChI=1S/C12H8BrN3O2/c13-12-6-10(16(17)18)4-3-9(12)8-15-5-1-2-11(15)7-14/h1-6H,8H2. The average molecular weight is 306 g/mol. The highest BCUT2D eigenvalue weighted by molar-refractivity contribution is 9.10. The predicted octanol–water partition coefficient (Wildman–Crippen LogP) is 3.08. The van der Waals surface area contributed by atoms with Gasteiger partial charge in [0.25, 0.3) is 5.69 Å². The topological polar surface area (TPSA) is 71.9 Å². The lowest BCUT2D eigenvalue weighted by Gasteiger charge is -2.07. The molecule has 2 rings (SSSR count).